The molecular formula is C13H16Cl2. The van der Waals surface area contributed by atoms with E-state index in [1.165, 1.54) is 0 Å². The molecule has 0 aromatic heterocycles. The zero-order chi connectivity index (χ0) is 11.3. The molecule has 0 saturated carbocycles. The van der Waals surface area contributed by atoms with Crippen LogP contribution in [0.3, 0.4) is 0 Å². The second-order valence-corrected chi connectivity index (χ2v) is 5.67. The van der Waals surface area contributed by atoms with Crippen molar-refractivity contribution >= 4 is 29.3 Å². The van der Waals surface area contributed by atoms with Crippen LogP contribution >= 0.6 is 23.2 Å². The average molecular weight is 243 g/mol. The second kappa shape index (κ2) is 5.58. The Bertz CT molecular complexity index is 335. The maximum absolute atomic E-state index is 6.09. The van der Waals surface area contributed by atoms with Crippen LogP contribution in [0.4, 0.5) is 0 Å². The lowest BCUT2D eigenvalue weighted by atomic mass is 10.1. The molecule has 0 radical (unpaired) electrons. The third-order valence-corrected chi connectivity index (χ3v) is 2.49. The lowest BCUT2D eigenvalue weighted by Gasteiger charge is -2.12. The van der Waals surface area contributed by atoms with Crippen molar-refractivity contribution in [1.82, 2.24) is 0 Å². The molecule has 0 heterocycles. The lowest BCUT2D eigenvalue weighted by Crippen LogP contribution is -2.08. The highest BCUT2D eigenvalue weighted by molar-refractivity contribution is 6.30. The molecular weight excluding hydrogens is 227 g/mol. The van der Waals surface area contributed by atoms with Crippen molar-refractivity contribution < 1.29 is 0 Å². The van der Waals surface area contributed by atoms with Gasteiger partial charge in [-0.3, -0.25) is 0 Å². The molecule has 0 fully saturated rings. The molecule has 1 aromatic rings. The van der Waals surface area contributed by atoms with Gasteiger partial charge in [0.15, 0.2) is 0 Å². The van der Waals surface area contributed by atoms with E-state index in [9.17, 15) is 0 Å². The minimum absolute atomic E-state index is 0.112. The fraction of sp³-hybridized carbons (Fsp3) is 0.385. The van der Waals surface area contributed by atoms with Crippen molar-refractivity contribution in [2.75, 3.05) is 0 Å². The van der Waals surface area contributed by atoms with Gasteiger partial charge in [0, 0.05) is 9.90 Å². The Kier molecular flexibility index (Phi) is 4.69. The summed E-state index contributed by atoms with van der Waals surface area (Å²) in [6.45, 7) is 4.06. The van der Waals surface area contributed by atoms with Crippen LogP contribution in [0.15, 0.2) is 30.3 Å². The third-order valence-electron chi connectivity index (χ3n) is 2.06. The molecule has 0 saturated heterocycles. The molecule has 0 N–H and O–H groups in total. The molecule has 15 heavy (non-hydrogen) atoms. The molecule has 0 aliphatic rings. The number of rotatable bonds is 4. The number of halogens is 2. The first-order valence-corrected chi connectivity index (χ1v) is 5.84. The first kappa shape index (κ1) is 12.6. The van der Waals surface area contributed by atoms with Crippen LogP contribution in [-0.2, 0) is 0 Å². The molecule has 0 atom stereocenters. The summed E-state index contributed by atoms with van der Waals surface area (Å²) in [6.07, 6.45) is 6.18. The van der Waals surface area contributed by atoms with Gasteiger partial charge in [0.05, 0.1) is 0 Å². The minimum atomic E-state index is -0.112. The summed E-state index contributed by atoms with van der Waals surface area (Å²) < 4.78 is 0. The van der Waals surface area contributed by atoms with Crippen LogP contribution in [0.25, 0.3) is 6.08 Å². The van der Waals surface area contributed by atoms with Gasteiger partial charge >= 0.3 is 0 Å². The van der Waals surface area contributed by atoms with E-state index in [0.29, 0.717) is 0 Å². The summed E-state index contributed by atoms with van der Waals surface area (Å²) in [5.41, 5.74) is 1.13. The smallest absolute Gasteiger partial charge is 0.0411 e. The van der Waals surface area contributed by atoms with Crippen molar-refractivity contribution in [3.05, 3.63) is 40.9 Å². The minimum Gasteiger partial charge on any atom is -0.120 e. The monoisotopic (exact) mass is 242 g/mol. The van der Waals surface area contributed by atoms with E-state index >= 15 is 0 Å². The molecule has 0 nitrogen and oxygen atoms in total. The van der Waals surface area contributed by atoms with Crippen molar-refractivity contribution in [3.63, 3.8) is 0 Å². The van der Waals surface area contributed by atoms with E-state index in [-0.39, 0.29) is 4.87 Å². The van der Waals surface area contributed by atoms with Crippen molar-refractivity contribution in [3.8, 4) is 0 Å². The zero-order valence-electron chi connectivity index (χ0n) is 9.13. The Morgan fingerprint density at radius 2 is 2.07 bits per heavy atom. The molecule has 0 spiro atoms. The van der Waals surface area contributed by atoms with Crippen molar-refractivity contribution in [2.45, 2.75) is 31.6 Å². The summed E-state index contributed by atoms with van der Waals surface area (Å²) in [5.74, 6) is 0. The molecule has 0 aliphatic heterocycles. The standard InChI is InChI=1S/C13H16Cl2/c1-13(2,15)9-4-3-6-11-7-5-8-12(14)10-11/h3,5-8,10H,4,9H2,1-2H3/b6-3+. The highest BCUT2D eigenvalue weighted by Crippen LogP contribution is 2.20. The van der Waals surface area contributed by atoms with Crippen molar-refractivity contribution in [2.24, 2.45) is 0 Å². The van der Waals surface area contributed by atoms with Gasteiger partial charge in [0.25, 0.3) is 0 Å². The zero-order valence-corrected chi connectivity index (χ0v) is 10.6. The molecule has 1 aromatic carbocycles. The molecule has 0 unspecified atom stereocenters. The third kappa shape index (κ3) is 5.86. The van der Waals surface area contributed by atoms with Crippen LogP contribution in [0.2, 0.25) is 5.02 Å². The van der Waals surface area contributed by atoms with Gasteiger partial charge in [0.1, 0.15) is 0 Å². The van der Waals surface area contributed by atoms with Gasteiger partial charge < -0.3 is 0 Å². The summed E-state index contributed by atoms with van der Waals surface area (Å²) in [4.78, 5) is -0.112. The Labute approximate surface area is 102 Å². The normalized spacial score (nSPS) is 12.3. The van der Waals surface area contributed by atoms with E-state index in [0.717, 1.165) is 23.4 Å². The van der Waals surface area contributed by atoms with Gasteiger partial charge in [-0.05, 0) is 44.4 Å². The molecule has 0 amide bonds. The molecule has 1 rings (SSSR count). The Hall–Kier alpha value is -0.460. The number of hydrogen-bond acceptors (Lipinski definition) is 0. The number of hydrogen-bond donors (Lipinski definition) is 0. The maximum atomic E-state index is 6.09. The first-order valence-electron chi connectivity index (χ1n) is 5.08. The highest BCUT2D eigenvalue weighted by atomic mass is 35.5. The Morgan fingerprint density at radius 1 is 1.33 bits per heavy atom. The summed E-state index contributed by atoms with van der Waals surface area (Å²) in [7, 11) is 0. The molecule has 0 aliphatic carbocycles. The van der Waals surface area contributed by atoms with Gasteiger partial charge in [-0.2, -0.15) is 0 Å². The van der Waals surface area contributed by atoms with E-state index in [2.05, 4.69) is 12.2 Å². The Balaban J connectivity index is 2.45. The van der Waals surface area contributed by atoms with Gasteiger partial charge in [-0.25, -0.2) is 0 Å². The van der Waals surface area contributed by atoms with E-state index in [1.807, 2.05) is 38.1 Å². The first-order chi connectivity index (χ1) is 6.97. The van der Waals surface area contributed by atoms with Gasteiger partial charge in [-0.1, -0.05) is 35.9 Å². The second-order valence-electron chi connectivity index (χ2n) is 4.21. The average Bonchev–Trinajstić information content (AvgIpc) is 2.11. The lowest BCUT2D eigenvalue weighted by molar-refractivity contribution is 0.637. The van der Waals surface area contributed by atoms with E-state index < -0.39 is 0 Å². The topological polar surface area (TPSA) is 0 Å². The van der Waals surface area contributed by atoms with Gasteiger partial charge in [0.2, 0.25) is 0 Å². The fourth-order valence-corrected chi connectivity index (χ4v) is 1.56. The van der Waals surface area contributed by atoms with E-state index in [1.54, 1.807) is 0 Å². The molecule has 0 bridgehead atoms. The predicted molar refractivity (Wildman–Crippen MR) is 69.7 cm³/mol. The largest absolute Gasteiger partial charge is 0.120 e. The van der Waals surface area contributed by atoms with Crippen molar-refractivity contribution in [1.29, 1.82) is 0 Å². The van der Waals surface area contributed by atoms with Crippen LogP contribution < -0.4 is 0 Å². The predicted octanol–water partition coefficient (Wildman–Crippen LogP) is 5.15. The summed E-state index contributed by atoms with van der Waals surface area (Å²) in [5, 5.41) is 0.773. The quantitative estimate of drug-likeness (QED) is 0.641. The number of allylic oxidation sites excluding steroid dienone is 1. The van der Waals surface area contributed by atoms with Crippen LogP contribution in [0, 0.1) is 0 Å². The van der Waals surface area contributed by atoms with Crippen LogP contribution in [-0.4, -0.2) is 4.87 Å². The Morgan fingerprint density at radius 3 is 2.67 bits per heavy atom. The van der Waals surface area contributed by atoms with Crippen LogP contribution in [0.1, 0.15) is 32.3 Å². The SMILES string of the molecule is CC(C)(Cl)CC/C=C/c1cccc(Cl)c1. The molecule has 2 heteroatoms. The number of benzene rings is 1. The number of alkyl halides is 1. The molecule has 82 valence electrons. The maximum Gasteiger partial charge on any atom is 0.0411 e. The van der Waals surface area contributed by atoms with E-state index in [4.69, 9.17) is 23.2 Å². The van der Waals surface area contributed by atoms with Gasteiger partial charge in [-0.15, -0.1) is 11.6 Å². The summed E-state index contributed by atoms with van der Waals surface area (Å²) in [6, 6.07) is 7.81. The fourth-order valence-electron chi connectivity index (χ4n) is 1.26. The summed E-state index contributed by atoms with van der Waals surface area (Å²) >= 11 is 12.0. The van der Waals surface area contributed by atoms with Crippen LogP contribution in [0.5, 0.6) is 0 Å². The highest BCUT2D eigenvalue weighted by Gasteiger charge is 2.10.